The summed E-state index contributed by atoms with van der Waals surface area (Å²) >= 11 is 0. The molecular weight excluding hydrogens is 355 g/mol. The third-order valence-electron chi connectivity index (χ3n) is 4.78. The standard InChI is InChI=1S/C19H17FN2O3S/c1-12-8-14-9-13-6-7-22(11-15(13)10-18(14)21-19(12)23)26(24,25)17-4-2-16(20)3-5-17/h2-5,8-10H,6-7,11H2,1H3,(H,21,23). The highest BCUT2D eigenvalue weighted by Gasteiger charge is 2.28. The summed E-state index contributed by atoms with van der Waals surface area (Å²) in [6.45, 7) is 2.34. The van der Waals surface area contributed by atoms with Crippen LogP contribution in [0.4, 0.5) is 4.39 Å². The van der Waals surface area contributed by atoms with Crippen molar-refractivity contribution in [3.05, 3.63) is 75.3 Å². The Balaban J connectivity index is 1.73. The zero-order valence-electron chi connectivity index (χ0n) is 14.1. The number of H-pyrrole nitrogens is 1. The molecule has 4 rings (SSSR count). The van der Waals surface area contributed by atoms with Gasteiger partial charge in [0.15, 0.2) is 0 Å². The summed E-state index contributed by atoms with van der Waals surface area (Å²) in [6.07, 6.45) is 0.587. The second kappa shape index (κ2) is 6.03. The number of pyridine rings is 1. The maximum atomic E-state index is 13.1. The number of benzene rings is 2. The fourth-order valence-corrected chi connectivity index (χ4v) is 4.73. The molecular formula is C19H17FN2O3S. The van der Waals surface area contributed by atoms with Crippen molar-refractivity contribution in [1.82, 2.24) is 9.29 Å². The Morgan fingerprint density at radius 1 is 1.08 bits per heavy atom. The van der Waals surface area contributed by atoms with E-state index in [4.69, 9.17) is 0 Å². The minimum atomic E-state index is -3.69. The van der Waals surface area contributed by atoms with Gasteiger partial charge in [-0.3, -0.25) is 4.79 Å². The van der Waals surface area contributed by atoms with Crippen LogP contribution in [0.15, 0.2) is 52.2 Å². The fraction of sp³-hybridized carbons (Fsp3) is 0.211. The molecule has 0 spiro atoms. The predicted octanol–water partition coefficient (Wildman–Crippen LogP) is 2.72. The maximum Gasteiger partial charge on any atom is 0.251 e. The van der Waals surface area contributed by atoms with E-state index < -0.39 is 15.8 Å². The average Bonchev–Trinajstić information content (AvgIpc) is 2.61. The van der Waals surface area contributed by atoms with E-state index >= 15 is 0 Å². The molecule has 0 aliphatic carbocycles. The lowest BCUT2D eigenvalue weighted by Crippen LogP contribution is -2.36. The summed E-state index contributed by atoms with van der Waals surface area (Å²) in [7, 11) is -3.69. The zero-order chi connectivity index (χ0) is 18.5. The molecule has 0 saturated heterocycles. The van der Waals surface area contributed by atoms with Crippen molar-refractivity contribution < 1.29 is 12.8 Å². The largest absolute Gasteiger partial charge is 0.322 e. The molecule has 0 fully saturated rings. The number of hydrogen-bond acceptors (Lipinski definition) is 3. The van der Waals surface area contributed by atoms with Gasteiger partial charge in [0.2, 0.25) is 10.0 Å². The summed E-state index contributed by atoms with van der Waals surface area (Å²) < 4.78 is 40.1. The van der Waals surface area contributed by atoms with E-state index in [1.807, 2.05) is 18.2 Å². The van der Waals surface area contributed by atoms with E-state index in [2.05, 4.69) is 4.98 Å². The third kappa shape index (κ3) is 2.83. The van der Waals surface area contributed by atoms with E-state index in [-0.39, 0.29) is 17.0 Å². The van der Waals surface area contributed by atoms with Crippen LogP contribution in [-0.4, -0.2) is 24.3 Å². The highest BCUT2D eigenvalue weighted by atomic mass is 32.2. The molecule has 1 N–H and O–H groups in total. The molecule has 0 bridgehead atoms. The zero-order valence-corrected chi connectivity index (χ0v) is 14.9. The van der Waals surface area contributed by atoms with Crippen LogP contribution in [0.5, 0.6) is 0 Å². The molecule has 7 heteroatoms. The molecule has 0 saturated carbocycles. The minimum Gasteiger partial charge on any atom is -0.322 e. The minimum absolute atomic E-state index is 0.0761. The Hall–Kier alpha value is -2.51. The van der Waals surface area contributed by atoms with Crippen LogP contribution in [-0.2, 0) is 23.0 Å². The molecule has 5 nitrogen and oxygen atoms in total. The van der Waals surface area contributed by atoms with Gasteiger partial charge in [0.05, 0.1) is 4.90 Å². The van der Waals surface area contributed by atoms with Gasteiger partial charge in [-0.05, 0) is 72.3 Å². The first kappa shape index (κ1) is 16.9. The van der Waals surface area contributed by atoms with Gasteiger partial charge in [-0.25, -0.2) is 12.8 Å². The lowest BCUT2D eigenvalue weighted by Gasteiger charge is -2.28. The van der Waals surface area contributed by atoms with Crippen LogP contribution in [0.25, 0.3) is 10.9 Å². The molecule has 2 aromatic carbocycles. The topological polar surface area (TPSA) is 70.2 Å². The monoisotopic (exact) mass is 372 g/mol. The highest BCUT2D eigenvalue weighted by Crippen LogP contribution is 2.28. The van der Waals surface area contributed by atoms with Crippen LogP contribution in [0.2, 0.25) is 0 Å². The summed E-state index contributed by atoms with van der Waals surface area (Å²) in [5.74, 6) is -0.473. The number of aromatic nitrogens is 1. The van der Waals surface area contributed by atoms with Crippen molar-refractivity contribution in [1.29, 1.82) is 0 Å². The second-order valence-electron chi connectivity index (χ2n) is 6.53. The SMILES string of the molecule is Cc1cc2cc3c(cc2[nH]c1=O)CN(S(=O)(=O)c1ccc(F)cc1)CC3. The molecule has 0 amide bonds. The van der Waals surface area contributed by atoms with Gasteiger partial charge in [-0.2, -0.15) is 4.31 Å². The molecule has 3 aromatic rings. The van der Waals surface area contributed by atoms with Crippen molar-refractivity contribution >= 4 is 20.9 Å². The summed E-state index contributed by atoms with van der Waals surface area (Å²) in [4.78, 5) is 14.8. The first-order valence-electron chi connectivity index (χ1n) is 8.26. The Labute approximate surface area is 150 Å². The van der Waals surface area contributed by atoms with Crippen LogP contribution < -0.4 is 5.56 Å². The van der Waals surface area contributed by atoms with Crippen molar-refractivity contribution in [3.8, 4) is 0 Å². The van der Waals surface area contributed by atoms with Crippen molar-refractivity contribution in [2.45, 2.75) is 24.8 Å². The Kier molecular flexibility index (Phi) is 3.93. The molecule has 1 aliphatic heterocycles. The van der Waals surface area contributed by atoms with Gasteiger partial charge in [-0.15, -0.1) is 0 Å². The summed E-state index contributed by atoms with van der Waals surface area (Å²) in [6, 6.07) is 10.5. The molecule has 0 atom stereocenters. The Morgan fingerprint density at radius 3 is 2.54 bits per heavy atom. The lowest BCUT2D eigenvalue weighted by atomic mass is 9.98. The fourth-order valence-electron chi connectivity index (χ4n) is 3.31. The van der Waals surface area contributed by atoms with Crippen LogP contribution in [0, 0.1) is 12.7 Å². The van der Waals surface area contributed by atoms with Gasteiger partial charge >= 0.3 is 0 Å². The molecule has 1 aliphatic rings. The molecule has 134 valence electrons. The Morgan fingerprint density at radius 2 is 1.81 bits per heavy atom. The average molecular weight is 372 g/mol. The normalized spacial score (nSPS) is 15.2. The number of halogens is 1. The van der Waals surface area contributed by atoms with Gasteiger partial charge in [0.1, 0.15) is 5.82 Å². The molecule has 1 aromatic heterocycles. The van der Waals surface area contributed by atoms with Crippen molar-refractivity contribution in [3.63, 3.8) is 0 Å². The van der Waals surface area contributed by atoms with E-state index in [1.54, 1.807) is 6.92 Å². The third-order valence-corrected chi connectivity index (χ3v) is 6.64. The van der Waals surface area contributed by atoms with Crippen molar-refractivity contribution in [2.75, 3.05) is 6.54 Å². The molecule has 0 radical (unpaired) electrons. The number of aryl methyl sites for hydroxylation is 1. The number of hydrogen-bond donors (Lipinski definition) is 1. The molecule has 26 heavy (non-hydrogen) atoms. The van der Waals surface area contributed by atoms with Gasteiger partial charge in [0.25, 0.3) is 5.56 Å². The summed E-state index contributed by atoms with van der Waals surface area (Å²) in [5.41, 5.74) is 3.14. The van der Waals surface area contributed by atoms with E-state index in [0.717, 1.165) is 28.6 Å². The quantitative estimate of drug-likeness (QED) is 0.752. The van der Waals surface area contributed by atoms with E-state index in [9.17, 15) is 17.6 Å². The van der Waals surface area contributed by atoms with Gasteiger partial charge < -0.3 is 4.98 Å². The van der Waals surface area contributed by atoms with Crippen molar-refractivity contribution in [2.24, 2.45) is 0 Å². The number of nitrogens with zero attached hydrogens (tertiary/aromatic N) is 1. The summed E-state index contributed by atoms with van der Waals surface area (Å²) in [5, 5.41) is 0.940. The highest BCUT2D eigenvalue weighted by molar-refractivity contribution is 7.89. The lowest BCUT2D eigenvalue weighted by molar-refractivity contribution is 0.391. The number of fused-ring (bicyclic) bond motifs is 2. The van der Waals surface area contributed by atoms with Crippen LogP contribution in [0.3, 0.4) is 0 Å². The molecule has 2 heterocycles. The van der Waals surface area contributed by atoms with Gasteiger partial charge in [0, 0.05) is 24.2 Å². The van der Waals surface area contributed by atoms with Gasteiger partial charge in [-0.1, -0.05) is 0 Å². The second-order valence-corrected chi connectivity index (χ2v) is 8.47. The predicted molar refractivity (Wildman–Crippen MR) is 97.0 cm³/mol. The first-order chi connectivity index (χ1) is 12.3. The number of rotatable bonds is 2. The van der Waals surface area contributed by atoms with Crippen LogP contribution >= 0.6 is 0 Å². The number of aromatic amines is 1. The smallest absolute Gasteiger partial charge is 0.251 e. The number of sulfonamides is 1. The Bertz CT molecular complexity index is 1170. The van der Waals surface area contributed by atoms with Crippen LogP contribution in [0.1, 0.15) is 16.7 Å². The maximum absolute atomic E-state index is 13.1. The van der Waals surface area contributed by atoms with E-state index in [0.29, 0.717) is 24.0 Å². The first-order valence-corrected chi connectivity index (χ1v) is 9.70. The van der Waals surface area contributed by atoms with E-state index in [1.165, 1.54) is 16.4 Å². The molecule has 0 unspecified atom stereocenters. The number of nitrogens with one attached hydrogen (secondary N) is 1.